The van der Waals surface area contributed by atoms with Gasteiger partial charge in [-0.05, 0) is 63.1 Å². The fourth-order valence-corrected chi connectivity index (χ4v) is 3.99. The molecule has 2 atom stereocenters. The van der Waals surface area contributed by atoms with Gasteiger partial charge < -0.3 is 21.7 Å². The van der Waals surface area contributed by atoms with E-state index in [9.17, 15) is 36.6 Å². The molecule has 0 spiro atoms. The lowest BCUT2D eigenvalue weighted by molar-refractivity contribution is -0.258. The van der Waals surface area contributed by atoms with Gasteiger partial charge in [0.2, 0.25) is 0 Å². The molecule has 4 nitrogen and oxygen atoms in total. The molecular weight excluding hydrogens is 446 g/mol. The molecule has 6 N–H and O–H groups in total. The third-order valence-electron chi connectivity index (χ3n) is 5.11. The predicted octanol–water partition coefficient (Wildman–Crippen LogP) is 5.16. The van der Waals surface area contributed by atoms with E-state index in [1.807, 2.05) is 0 Å². The van der Waals surface area contributed by atoms with Crippen LogP contribution >= 0.6 is 11.8 Å². The van der Waals surface area contributed by atoms with Gasteiger partial charge in [-0.1, -0.05) is 11.8 Å². The summed E-state index contributed by atoms with van der Waals surface area (Å²) in [7, 11) is 0. The molecular formula is C20H22F6N2O2S. The van der Waals surface area contributed by atoms with Crippen LogP contribution in [0.15, 0.2) is 34.1 Å². The van der Waals surface area contributed by atoms with Crippen molar-refractivity contribution in [2.75, 3.05) is 11.5 Å². The molecule has 0 saturated carbocycles. The Morgan fingerprint density at radius 1 is 0.677 bits per heavy atom. The van der Waals surface area contributed by atoms with E-state index in [0.717, 1.165) is 23.9 Å². The van der Waals surface area contributed by atoms with Crippen LogP contribution in [0.1, 0.15) is 36.1 Å². The number of hydrogen-bond acceptors (Lipinski definition) is 5. The Balaban J connectivity index is 2.61. The number of aliphatic hydroxyl groups is 2. The largest absolute Gasteiger partial charge is 0.421 e. The first-order valence-corrected chi connectivity index (χ1v) is 9.69. The van der Waals surface area contributed by atoms with Crippen molar-refractivity contribution in [1.82, 2.24) is 0 Å². The van der Waals surface area contributed by atoms with Crippen LogP contribution in [0.2, 0.25) is 0 Å². The van der Waals surface area contributed by atoms with Gasteiger partial charge in [-0.2, -0.15) is 26.3 Å². The average Bonchev–Trinajstić information content (AvgIpc) is 2.58. The highest BCUT2D eigenvalue weighted by molar-refractivity contribution is 7.99. The fraction of sp³-hybridized carbons (Fsp3) is 0.400. The lowest BCUT2D eigenvalue weighted by atomic mass is 9.92. The van der Waals surface area contributed by atoms with Gasteiger partial charge in [0.1, 0.15) is 0 Å². The van der Waals surface area contributed by atoms with E-state index >= 15 is 0 Å². The Morgan fingerprint density at radius 2 is 0.968 bits per heavy atom. The normalized spacial score (nSPS) is 16.6. The molecule has 0 radical (unpaired) electrons. The Morgan fingerprint density at radius 3 is 1.23 bits per heavy atom. The lowest BCUT2D eigenvalue weighted by Crippen LogP contribution is -2.40. The Bertz CT molecular complexity index is 921. The second kappa shape index (κ2) is 7.79. The number of halogens is 6. The summed E-state index contributed by atoms with van der Waals surface area (Å²) < 4.78 is 79.9. The minimum Gasteiger partial charge on any atom is -0.398 e. The number of rotatable bonds is 4. The molecule has 0 aliphatic heterocycles. The molecule has 2 rings (SSSR count). The number of hydrogen-bond donors (Lipinski definition) is 4. The minimum absolute atomic E-state index is 0.202. The third kappa shape index (κ3) is 4.58. The summed E-state index contributed by atoms with van der Waals surface area (Å²) in [5.74, 6) is 0. The molecule has 31 heavy (non-hydrogen) atoms. The highest BCUT2D eigenvalue weighted by Gasteiger charge is 2.53. The molecule has 0 bridgehead atoms. The van der Waals surface area contributed by atoms with Gasteiger partial charge >= 0.3 is 12.4 Å². The average molecular weight is 468 g/mol. The number of anilines is 2. The van der Waals surface area contributed by atoms with E-state index < -0.39 is 34.7 Å². The summed E-state index contributed by atoms with van der Waals surface area (Å²) >= 11 is 0.847. The van der Waals surface area contributed by atoms with E-state index in [1.54, 1.807) is 0 Å². The molecule has 172 valence electrons. The minimum atomic E-state index is -5.01. The SMILES string of the molecule is Cc1cc(Sc2cc(C)c(N)c(C(C)(O)C(F)(F)F)c2)cc(C(C)(O)C(F)(F)F)c1N. The van der Waals surface area contributed by atoms with Crippen LogP contribution in [0.4, 0.5) is 37.7 Å². The molecule has 0 fully saturated rings. The van der Waals surface area contributed by atoms with Gasteiger partial charge in [0.25, 0.3) is 0 Å². The highest BCUT2D eigenvalue weighted by Crippen LogP contribution is 2.46. The molecule has 0 saturated heterocycles. The molecule has 0 aliphatic carbocycles. The summed E-state index contributed by atoms with van der Waals surface area (Å²) in [6.45, 7) is 4.03. The van der Waals surface area contributed by atoms with Gasteiger partial charge in [0.15, 0.2) is 11.2 Å². The van der Waals surface area contributed by atoms with Gasteiger partial charge in [-0.25, -0.2) is 0 Å². The molecule has 0 amide bonds. The molecule has 2 aromatic carbocycles. The summed E-state index contributed by atoms with van der Waals surface area (Å²) in [6.07, 6.45) is -10.0. The number of benzene rings is 2. The zero-order valence-electron chi connectivity index (χ0n) is 17.0. The van der Waals surface area contributed by atoms with Gasteiger partial charge in [-0.3, -0.25) is 0 Å². The number of aryl methyl sites for hydroxylation is 2. The van der Waals surface area contributed by atoms with Crippen LogP contribution in [-0.4, -0.2) is 22.6 Å². The van der Waals surface area contributed by atoms with E-state index in [0.29, 0.717) is 13.8 Å². The molecule has 0 aliphatic rings. The van der Waals surface area contributed by atoms with Gasteiger partial charge in [0.05, 0.1) is 0 Å². The molecule has 0 heterocycles. The topological polar surface area (TPSA) is 92.5 Å². The molecule has 2 aromatic rings. The zero-order valence-corrected chi connectivity index (χ0v) is 17.9. The number of alkyl halides is 6. The number of nitrogen functional groups attached to an aromatic ring is 2. The summed E-state index contributed by atoms with van der Waals surface area (Å²) in [5.41, 5.74) is 3.90. The van der Waals surface area contributed by atoms with E-state index in [1.165, 1.54) is 26.0 Å². The van der Waals surface area contributed by atoms with Crippen molar-refractivity contribution in [2.24, 2.45) is 0 Å². The smallest absolute Gasteiger partial charge is 0.398 e. The zero-order chi connectivity index (χ0) is 24.2. The summed E-state index contributed by atoms with van der Waals surface area (Å²) in [4.78, 5) is 0.404. The van der Waals surface area contributed by atoms with Crippen molar-refractivity contribution in [3.63, 3.8) is 0 Å². The van der Waals surface area contributed by atoms with Crippen molar-refractivity contribution in [3.05, 3.63) is 46.5 Å². The van der Waals surface area contributed by atoms with Crippen molar-refractivity contribution < 1.29 is 36.6 Å². The van der Waals surface area contributed by atoms with Crippen molar-refractivity contribution in [3.8, 4) is 0 Å². The van der Waals surface area contributed by atoms with Crippen LogP contribution in [0, 0.1) is 13.8 Å². The van der Waals surface area contributed by atoms with Crippen LogP contribution < -0.4 is 11.5 Å². The summed E-state index contributed by atoms with van der Waals surface area (Å²) in [6, 6.07) is 4.97. The summed E-state index contributed by atoms with van der Waals surface area (Å²) in [5, 5.41) is 20.1. The molecule has 0 aromatic heterocycles. The first-order chi connectivity index (χ1) is 13.8. The van der Waals surface area contributed by atoms with Crippen LogP contribution in [-0.2, 0) is 11.2 Å². The maximum absolute atomic E-state index is 13.3. The molecule has 11 heteroatoms. The lowest BCUT2D eigenvalue weighted by Gasteiger charge is -2.29. The van der Waals surface area contributed by atoms with Crippen LogP contribution in [0.25, 0.3) is 0 Å². The van der Waals surface area contributed by atoms with E-state index in [-0.39, 0.29) is 32.3 Å². The van der Waals surface area contributed by atoms with Gasteiger partial charge in [-0.15, -0.1) is 0 Å². The second-order valence-corrected chi connectivity index (χ2v) is 8.79. The number of nitrogens with two attached hydrogens (primary N) is 2. The Hall–Kier alpha value is -2.11. The first kappa shape index (κ1) is 25.2. The fourth-order valence-electron chi connectivity index (χ4n) is 2.90. The van der Waals surface area contributed by atoms with Crippen molar-refractivity contribution >= 4 is 23.1 Å². The third-order valence-corrected chi connectivity index (χ3v) is 6.05. The Kier molecular flexibility index (Phi) is 6.32. The van der Waals surface area contributed by atoms with E-state index in [2.05, 4.69) is 0 Å². The van der Waals surface area contributed by atoms with Crippen molar-refractivity contribution in [2.45, 2.75) is 61.0 Å². The van der Waals surface area contributed by atoms with Gasteiger partial charge in [0, 0.05) is 32.3 Å². The molecule has 2 unspecified atom stereocenters. The van der Waals surface area contributed by atoms with Crippen molar-refractivity contribution in [1.29, 1.82) is 0 Å². The maximum Gasteiger partial charge on any atom is 0.421 e. The second-order valence-electron chi connectivity index (χ2n) is 7.64. The Labute approximate surface area is 179 Å². The maximum atomic E-state index is 13.3. The monoisotopic (exact) mass is 468 g/mol. The standard InChI is InChI=1S/C20H22F6N2O2S/c1-9-5-11(7-13(15(9)27)17(3,29)19(21,22)23)31-12-6-10(2)16(28)14(8-12)18(4,30)20(24,25)26/h5-8,29-30H,27-28H2,1-4H3. The predicted molar refractivity (Wildman–Crippen MR) is 107 cm³/mol. The quantitative estimate of drug-likeness (QED) is 0.368. The van der Waals surface area contributed by atoms with E-state index in [4.69, 9.17) is 11.5 Å². The highest BCUT2D eigenvalue weighted by atomic mass is 32.2. The first-order valence-electron chi connectivity index (χ1n) is 8.88. The van der Waals surface area contributed by atoms with Crippen LogP contribution in [0.5, 0.6) is 0 Å². The van der Waals surface area contributed by atoms with Crippen LogP contribution in [0.3, 0.4) is 0 Å².